The second kappa shape index (κ2) is 4.53. The molecule has 1 aliphatic rings. The third-order valence-corrected chi connectivity index (χ3v) is 3.86. The Bertz CT molecular complexity index is 559. The smallest absolute Gasteiger partial charge is 0.399 e. The lowest BCUT2D eigenvalue weighted by molar-refractivity contribution is 0.00578. The lowest BCUT2D eigenvalue weighted by Crippen LogP contribution is -2.41. The normalized spacial score (nSPS) is 20.2. The Morgan fingerprint density at radius 3 is 2.05 bits per heavy atom. The van der Waals surface area contributed by atoms with Gasteiger partial charge in [-0.3, -0.25) is 4.79 Å². The van der Waals surface area contributed by atoms with Crippen molar-refractivity contribution in [1.29, 1.82) is 0 Å². The Morgan fingerprint density at radius 1 is 1.10 bits per heavy atom. The van der Waals surface area contributed by atoms with E-state index in [-0.39, 0.29) is 5.46 Å². The number of hydrogen-bond acceptors (Lipinski definition) is 3. The van der Waals surface area contributed by atoms with Crippen LogP contribution in [0.15, 0.2) is 12.1 Å². The molecule has 1 aromatic rings. The summed E-state index contributed by atoms with van der Waals surface area (Å²) in [6.45, 7) is 7.22. The predicted octanol–water partition coefficient (Wildman–Crippen LogP) is 1.36. The molecule has 0 aliphatic carbocycles. The van der Waals surface area contributed by atoms with Crippen LogP contribution in [0.2, 0.25) is 0 Å². The number of carbonyl (C=O) groups excluding carboxylic acids is 1. The van der Waals surface area contributed by atoms with E-state index in [4.69, 9.17) is 15.0 Å². The van der Waals surface area contributed by atoms with E-state index < -0.39 is 41.4 Å². The zero-order chi connectivity index (χ0) is 15.3. The van der Waals surface area contributed by atoms with E-state index in [1.54, 1.807) is 27.7 Å². The van der Waals surface area contributed by atoms with Crippen molar-refractivity contribution in [2.45, 2.75) is 38.9 Å². The molecule has 1 heterocycles. The van der Waals surface area contributed by atoms with Crippen molar-refractivity contribution in [1.82, 2.24) is 0 Å². The third-order valence-electron chi connectivity index (χ3n) is 3.86. The van der Waals surface area contributed by atoms with Gasteiger partial charge in [0.2, 0.25) is 0 Å². The van der Waals surface area contributed by atoms with E-state index >= 15 is 0 Å². The molecule has 1 aromatic carbocycles. The maximum atomic E-state index is 14.0. The number of carbonyl (C=O) groups is 1. The van der Waals surface area contributed by atoms with Crippen LogP contribution < -0.4 is 11.2 Å². The standard InChI is InChI=1S/C13H16BF2NO3/c1-12(2)13(3,4)20-14(19-12)8-6-9(15)7(11(17)18)5-10(8)16/h5-6H,1-4H3,(H2,17,18). The van der Waals surface area contributed by atoms with Gasteiger partial charge in [-0.25, -0.2) is 8.78 Å². The van der Waals surface area contributed by atoms with Gasteiger partial charge < -0.3 is 15.0 Å². The van der Waals surface area contributed by atoms with Gasteiger partial charge >= 0.3 is 7.12 Å². The topological polar surface area (TPSA) is 61.5 Å². The highest BCUT2D eigenvalue weighted by molar-refractivity contribution is 6.62. The maximum Gasteiger partial charge on any atom is 0.497 e. The number of primary amides is 1. The summed E-state index contributed by atoms with van der Waals surface area (Å²) < 4.78 is 39.0. The number of rotatable bonds is 2. The number of halogens is 2. The second-order valence-electron chi connectivity index (χ2n) is 5.81. The lowest BCUT2D eigenvalue weighted by atomic mass is 9.78. The molecule has 20 heavy (non-hydrogen) atoms. The van der Waals surface area contributed by atoms with Crippen molar-refractivity contribution < 1.29 is 22.9 Å². The molecule has 0 radical (unpaired) electrons. The van der Waals surface area contributed by atoms with Gasteiger partial charge in [-0.2, -0.15) is 0 Å². The highest BCUT2D eigenvalue weighted by atomic mass is 19.1. The molecular formula is C13H16BF2NO3. The van der Waals surface area contributed by atoms with Gasteiger partial charge in [0, 0.05) is 5.46 Å². The first-order valence-corrected chi connectivity index (χ1v) is 6.19. The average molecular weight is 283 g/mol. The zero-order valence-electron chi connectivity index (χ0n) is 11.8. The first-order valence-electron chi connectivity index (χ1n) is 6.19. The van der Waals surface area contributed by atoms with Crippen molar-refractivity contribution in [3.8, 4) is 0 Å². The summed E-state index contributed by atoms with van der Waals surface area (Å²) in [5.74, 6) is -2.72. The van der Waals surface area contributed by atoms with Crippen LogP contribution >= 0.6 is 0 Å². The molecule has 1 aliphatic heterocycles. The molecule has 108 valence electrons. The molecule has 0 atom stereocenters. The van der Waals surface area contributed by atoms with Gasteiger partial charge in [0.15, 0.2) is 0 Å². The summed E-state index contributed by atoms with van der Waals surface area (Å²) in [5, 5.41) is 0. The van der Waals surface area contributed by atoms with Crippen molar-refractivity contribution in [3.63, 3.8) is 0 Å². The Balaban J connectivity index is 2.41. The highest BCUT2D eigenvalue weighted by Crippen LogP contribution is 2.36. The molecule has 2 N–H and O–H groups in total. The van der Waals surface area contributed by atoms with Crippen LogP contribution in [0.25, 0.3) is 0 Å². The molecule has 1 fully saturated rings. The quantitative estimate of drug-likeness (QED) is 0.834. The van der Waals surface area contributed by atoms with Gasteiger partial charge in [0.05, 0.1) is 16.8 Å². The second-order valence-corrected chi connectivity index (χ2v) is 5.81. The molecule has 1 amide bonds. The van der Waals surface area contributed by atoms with Crippen LogP contribution in [0, 0.1) is 11.6 Å². The molecule has 2 rings (SSSR count). The van der Waals surface area contributed by atoms with E-state index in [2.05, 4.69) is 0 Å². The number of amides is 1. The van der Waals surface area contributed by atoms with E-state index in [0.29, 0.717) is 0 Å². The summed E-state index contributed by atoms with van der Waals surface area (Å²) in [7, 11) is -1.03. The van der Waals surface area contributed by atoms with E-state index in [1.807, 2.05) is 0 Å². The minimum Gasteiger partial charge on any atom is -0.399 e. The van der Waals surface area contributed by atoms with E-state index in [0.717, 1.165) is 12.1 Å². The molecule has 0 unspecified atom stereocenters. The number of hydrogen-bond donors (Lipinski definition) is 1. The molecular weight excluding hydrogens is 267 g/mol. The Kier molecular flexibility index (Phi) is 3.38. The molecule has 0 aromatic heterocycles. The SMILES string of the molecule is CC1(C)OB(c2cc(F)c(C(N)=O)cc2F)OC1(C)C. The van der Waals surface area contributed by atoms with Crippen molar-refractivity contribution in [2.24, 2.45) is 5.73 Å². The fourth-order valence-corrected chi connectivity index (χ4v) is 1.90. The zero-order valence-corrected chi connectivity index (χ0v) is 11.8. The summed E-state index contributed by atoms with van der Waals surface area (Å²) in [6, 6.07) is 1.65. The molecule has 7 heteroatoms. The predicted molar refractivity (Wildman–Crippen MR) is 70.6 cm³/mol. The average Bonchev–Trinajstić information content (AvgIpc) is 2.50. The largest absolute Gasteiger partial charge is 0.497 e. The molecule has 0 saturated carbocycles. The van der Waals surface area contributed by atoms with Crippen LogP contribution in [-0.2, 0) is 9.31 Å². The molecule has 0 spiro atoms. The minimum absolute atomic E-state index is 0.0915. The highest BCUT2D eigenvalue weighted by Gasteiger charge is 2.52. The summed E-state index contributed by atoms with van der Waals surface area (Å²) >= 11 is 0. The van der Waals surface area contributed by atoms with Gasteiger partial charge in [-0.15, -0.1) is 0 Å². The van der Waals surface area contributed by atoms with Crippen LogP contribution in [0.4, 0.5) is 8.78 Å². The molecule has 0 bridgehead atoms. The van der Waals surface area contributed by atoms with Crippen LogP contribution in [0.1, 0.15) is 38.1 Å². The fraction of sp³-hybridized carbons (Fsp3) is 0.462. The van der Waals surface area contributed by atoms with Crippen molar-refractivity contribution in [2.75, 3.05) is 0 Å². The summed E-state index contributed by atoms with van der Waals surface area (Å²) in [4.78, 5) is 11.0. The minimum atomic E-state index is -1.03. The molecule has 4 nitrogen and oxygen atoms in total. The van der Waals surface area contributed by atoms with Gasteiger partial charge in [0.25, 0.3) is 5.91 Å². The summed E-state index contributed by atoms with van der Waals surface area (Å²) in [6.07, 6.45) is 0. The van der Waals surface area contributed by atoms with E-state index in [9.17, 15) is 13.6 Å². The monoisotopic (exact) mass is 283 g/mol. The summed E-state index contributed by atoms with van der Waals surface area (Å²) in [5.41, 5.74) is 3.05. The fourth-order valence-electron chi connectivity index (χ4n) is 1.90. The maximum absolute atomic E-state index is 14.0. The van der Waals surface area contributed by atoms with Crippen molar-refractivity contribution >= 4 is 18.5 Å². The van der Waals surface area contributed by atoms with Crippen LogP contribution in [0.3, 0.4) is 0 Å². The Morgan fingerprint density at radius 2 is 1.60 bits per heavy atom. The first kappa shape index (κ1) is 14.9. The number of nitrogens with two attached hydrogens (primary N) is 1. The Hall–Kier alpha value is -1.47. The molecule has 1 saturated heterocycles. The van der Waals surface area contributed by atoms with Crippen LogP contribution in [0.5, 0.6) is 0 Å². The Labute approximate surface area is 116 Å². The lowest BCUT2D eigenvalue weighted by Gasteiger charge is -2.32. The van der Waals surface area contributed by atoms with Crippen LogP contribution in [-0.4, -0.2) is 24.2 Å². The van der Waals surface area contributed by atoms with Gasteiger partial charge in [-0.05, 0) is 39.8 Å². The van der Waals surface area contributed by atoms with E-state index in [1.165, 1.54) is 0 Å². The third kappa shape index (κ3) is 2.31. The van der Waals surface area contributed by atoms with Gasteiger partial charge in [0.1, 0.15) is 11.6 Å². The van der Waals surface area contributed by atoms with Gasteiger partial charge in [-0.1, -0.05) is 0 Å². The number of benzene rings is 1. The first-order chi connectivity index (χ1) is 9.05. The van der Waals surface area contributed by atoms with Crippen molar-refractivity contribution in [3.05, 3.63) is 29.3 Å².